The number of primary amides is 1. The zero-order chi connectivity index (χ0) is 18.5. The molecule has 0 saturated carbocycles. The second-order valence-corrected chi connectivity index (χ2v) is 6.39. The van der Waals surface area contributed by atoms with Gasteiger partial charge in [-0.1, -0.05) is 30.0 Å². The standard InChI is InChI=1S/C18H16N4O3S/c1-11-4-2-3-5-14(11)17-21-22-18(25-17)26-10-15(23)20-13-8-6-12(7-9-13)16(19)24/h2-9H,10H2,1H3,(H2,19,24)(H,20,23). The monoisotopic (exact) mass is 368 g/mol. The van der Waals surface area contributed by atoms with Crippen LogP contribution in [0.2, 0.25) is 0 Å². The van der Waals surface area contributed by atoms with Crippen molar-refractivity contribution in [1.29, 1.82) is 0 Å². The number of nitrogens with one attached hydrogen (secondary N) is 1. The van der Waals surface area contributed by atoms with Crippen LogP contribution in [0, 0.1) is 6.92 Å². The molecular formula is C18H16N4O3S. The summed E-state index contributed by atoms with van der Waals surface area (Å²) < 4.78 is 5.60. The minimum Gasteiger partial charge on any atom is -0.411 e. The Morgan fingerprint density at radius 3 is 2.54 bits per heavy atom. The first kappa shape index (κ1) is 17.7. The zero-order valence-corrected chi connectivity index (χ0v) is 14.7. The van der Waals surface area contributed by atoms with Gasteiger partial charge in [0, 0.05) is 16.8 Å². The number of nitrogens with zero attached hydrogens (tertiary/aromatic N) is 2. The van der Waals surface area contributed by atoms with Gasteiger partial charge in [-0.3, -0.25) is 9.59 Å². The summed E-state index contributed by atoms with van der Waals surface area (Å²) in [6, 6.07) is 14.0. The van der Waals surface area contributed by atoms with Gasteiger partial charge in [-0.05, 0) is 42.8 Å². The molecule has 0 fully saturated rings. The molecule has 3 rings (SSSR count). The number of amides is 2. The normalized spacial score (nSPS) is 10.5. The highest BCUT2D eigenvalue weighted by Gasteiger charge is 2.12. The zero-order valence-electron chi connectivity index (χ0n) is 13.9. The number of nitrogens with two attached hydrogens (primary N) is 1. The number of rotatable bonds is 6. The van der Waals surface area contributed by atoms with Crippen LogP contribution in [0.5, 0.6) is 0 Å². The van der Waals surface area contributed by atoms with Gasteiger partial charge in [0.05, 0.1) is 5.75 Å². The fourth-order valence-corrected chi connectivity index (χ4v) is 2.80. The van der Waals surface area contributed by atoms with Crippen molar-refractivity contribution >= 4 is 29.3 Å². The summed E-state index contributed by atoms with van der Waals surface area (Å²) in [6.07, 6.45) is 0. The van der Waals surface area contributed by atoms with Gasteiger partial charge in [0.2, 0.25) is 17.7 Å². The summed E-state index contributed by atoms with van der Waals surface area (Å²) in [5.74, 6) is -0.197. The van der Waals surface area contributed by atoms with Crippen LogP contribution < -0.4 is 11.1 Å². The SMILES string of the molecule is Cc1ccccc1-c1nnc(SCC(=O)Nc2ccc(C(N)=O)cc2)o1. The van der Waals surface area contributed by atoms with E-state index in [1.807, 2.05) is 31.2 Å². The highest BCUT2D eigenvalue weighted by molar-refractivity contribution is 7.99. The molecule has 0 aliphatic carbocycles. The Bertz CT molecular complexity index is 938. The maximum Gasteiger partial charge on any atom is 0.277 e. The minimum absolute atomic E-state index is 0.118. The number of aromatic nitrogens is 2. The first-order chi connectivity index (χ1) is 12.5. The fraction of sp³-hybridized carbons (Fsp3) is 0.111. The van der Waals surface area contributed by atoms with E-state index in [0.717, 1.165) is 22.9 Å². The third kappa shape index (κ3) is 4.28. The van der Waals surface area contributed by atoms with E-state index in [1.54, 1.807) is 24.3 Å². The molecule has 1 heterocycles. The fourth-order valence-electron chi connectivity index (χ4n) is 2.23. The van der Waals surface area contributed by atoms with Crippen LogP contribution in [0.25, 0.3) is 11.5 Å². The van der Waals surface area contributed by atoms with Crippen molar-refractivity contribution in [3.8, 4) is 11.5 Å². The van der Waals surface area contributed by atoms with E-state index in [2.05, 4.69) is 15.5 Å². The molecule has 0 saturated heterocycles. The third-order valence-corrected chi connectivity index (χ3v) is 4.38. The Kier molecular flexibility index (Phi) is 5.33. The Morgan fingerprint density at radius 2 is 1.85 bits per heavy atom. The number of benzene rings is 2. The molecule has 0 aliphatic heterocycles. The van der Waals surface area contributed by atoms with E-state index in [4.69, 9.17) is 10.2 Å². The molecule has 1 aromatic heterocycles. The van der Waals surface area contributed by atoms with Crippen molar-refractivity contribution in [2.45, 2.75) is 12.1 Å². The largest absolute Gasteiger partial charge is 0.411 e. The Morgan fingerprint density at radius 1 is 1.12 bits per heavy atom. The highest BCUT2D eigenvalue weighted by Crippen LogP contribution is 2.25. The van der Waals surface area contributed by atoms with Crippen molar-refractivity contribution in [2.24, 2.45) is 5.73 Å². The molecule has 3 N–H and O–H groups in total. The Labute approximate surface area is 154 Å². The van der Waals surface area contributed by atoms with Gasteiger partial charge in [0.1, 0.15) is 0 Å². The number of hydrogen-bond donors (Lipinski definition) is 2. The first-order valence-electron chi connectivity index (χ1n) is 7.75. The summed E-state index contributed by atoms with van der Waals surface area (Å²) in [7, 11) is 0. The second kappa shape index (κ2) is 7.83. The van der Waals surface area contributed by atoms with E-state index in [1.165, 1.54) is 0 Å². The third-order valence-electron chi connectivity index (χ3n) is 3.56. The molecule has 3 aromatic rings. The molecule has 26 heavy (non-hydrogen) atoms. The van der Waals surface area contributed by atoms with Crippen molar-refractivity contribution in [2.75, 3.05) is 11.1 Å². The number of hydrogen-bond acceptors (Lipinski definition) is 6. The van der Waals surface area contributed by atoms with Crippen molar-refractivity contribution in [3.05, 3.63) is 59.7 Å². The summed E-state index contributed by atoms with van der Waals surface area (Å²) in [4.78, 5) is 23.0. The number of thioether (sulfide) groups is 1. The van der Waals surface area contributed by atoms with Crippen LogP contribution in [0.1, 0.15) is 15.9 Å². The van der Waals surface area contributed by atoms with Gasteiger partial charge in [0.15, 0.2) is 0 Å². The summed E-state index contributed by atoms with van der Waals surface area (Å²) >= 11 is 1.15. The molecule has 0 spiro atoms. The maximum absolute atomic E-state index is 12.0. The van der Waals surface area contributed by atoms with Gasteiger partial charge in [-0.2, -0.15) is 0 Å². The first-order valence-corrected chi connectivity index (χ1v) is 8.73. The number of carbonyl (C=O) groups excluding carboxylic acids is 2. The second-order valence-electron chi connectivity index (χ2n) is 5.47. The average Bonchev–Trinajstić information content (AvgIpc) is 3.09. The van der Waals surface area contributed by atoms with Gasteiger partial charge < -0.3 is 15.5 Å². The molecular weight excluding hydrogens is 352 g/mol. The molecule has 0 bridgehead atoms. The van der Waals surface area contributed by atoms with Crippen LogP contribution in [0.4, 0.5) is 5.69 Å². The van der Waals surface area contributed by atoms with Crippen molar-refractivity contribution < 1.29 is 14.0 Å². The van der Waals surface area contributed by atoms with Crippen LogP contribution >= 0.6 is 11.8 Å². The average molecular weight is 368 g/mol. The van der Waals surface area contributed by atoms with E-state index in [9.17, 15) is 9.59 Å². The number of aryl methyl sites for hydroxylation is 1. The van der Waals surface area contributed by atoms with E-state index >= 15 is 0 Å². The van der Waals surface area contributed by atoms with Gasteiger partial charge >= 0.3 is 0 Å². The summed E-state index contributed by atoms with van der Waals surface area (Å²) in [6.45, 7) is 1.96. The lowest BCUT2D eigenvalue weighted by atomic mass is 10.1. The topological polar surface area (TPSA) is 111 Å². The molecule has 0 radical (unpaired) electrons. The molecule has 2 amide bonds. The molecule has 7 nitrogen and oxygen atoms in total. The Hall–Kier alpha value is -3.13. The van der Waals surface area contributed by atoms with Crippen molar-refractivity contribution in [1.82, 2.24) is 10.2 Å². The van der Waals surface area contributed by atoms with E-state index < -0.39 is 5.91 Å². The predicted molar refractivity (Wildman–Crippen MR) is 98.8 cm³/mol. The molecule has 8 heteroatoms. The lowest BCUT2D eigenvalue weighted by Gasteiger charge is -2.04. The smallest absolute Gasteiger partial charge is 0.277 e. The highest BCUT2D eigenvalue weighted by atomic mass is 32.2. The molecule has 2 aromatic carbocycles. The van der Waals surface area contributed by atoms with E-state index in [-0.39, 0.29) is 11.7 Å². The molecule has 0 unspecified atom stereocenters. The van der Waals surface area contributed by atoms with Gasteiger partial charge in [-0.15, -0.1) is 10.2 Å². The van der Waals surface area contributed by atoms with E-state index in [0.29, 0.717) is 22.4 Å². The predicted octanol–water partition coefficient (Wildman–Crippen LogP) is 2.87. The lowest BCUT2D eigenvalue weighted by molar-refractivity contribution is -0.113. The molecule has 132 valence electrons. The lowest BCUT2D eigenvalue weighted by Crippen LogP contribution is -2.15. The molecule has 0 atom stereocenters. The Balaban J connectivity index is 1.56. The number of anilines is 1. The van der Waals surface area contributed by atoms with Crippen LogP contribution in [-0.2, 0) is 4.79 Å². The van der Waals surface area contributed by atoms with Crippen molar-refractivity contribution in [3.63, 3.8) is 0 Å². The number of carbonyl (C=O) groups is 2. The van der Waals surface area contributed by atoms with Gasteiger partial charge in [0.25, 0.3) is 5.22 Å². The quantitative estimate of drug-likeness (QED) is 0.647. The molecule has 0 aliphatic rings. The van der Waals surface area contributed by atoms with Crippen LogP contribution in [-0.4, -0.2) is 27.8 Å². The van der Waals surface area contributed by atoms with Crippen LogP contribution in [0.15, 0.2) is 58.2 Å². The summed E-state index contributed by atoms with van der Waals surface area (Å²) in [5, 5.41) is 11.0. The summed E-state index contributed by atoms with van der Waals surface area (Å²) in [5.41, 5.74) is 8.03. The minimum atomic E-state index is -0.515. The van der Waals surface area contributed by atoms with Crippen LogP contribution in [0.3, 0.4) is 0 Å². The maximum atomic E-state index is 12.0. The van der Waals surface area contributed by atoms with Gasteiger partial charge in [-0.25, -0.2) is 0 Å².